The molecule has 0 heterocycles. The molecule has 0 saturated heterocycles. The molecule has 7 heteroatoms. The van der Waals surface area contributed by atoms with E-state index in [1.165, 1.54) is 33.1 Å². The molecule has 0 aromatic heterocycles. The molecule has 2 unspecified atom stereocenters. The molecule has 1 saturated carbocycles. The van der Waals surface area contributed by atoms with Crippen molar-refractivity contribution in [2.45, 2.75) is 104 Å². The van der Waals surface area contributed by atoms with Crippen LogP contribution in [0, 0.1) is 17.8 Å². The molecule has 0 spiro atoms. The van der Waals surface area contributed by atoms with Crippen LogP contribution in [0.2, 0.25) is 0 Å². The van der Waals surface area contributed by atoms with Crippen LogP contribution in [0.25, 0.3) is 0 Å². The molecule has 0 radical (unpaired) electrons. The number of hydrogen-bond donors (Lipinski definition) is 2. The lowest BCUT2D eigenvalue weighted by Gasteiger charge is -2.23. The van der Waals surface area contributed by atoms with Gasteiger partial charge >= 0.3 is 17.9 Å². The highest BCUT2D eigenvalue weighted by atomic mass is 16.5. The molecule has 1 rings (SSSR count). The zero-order valence-corrected chi connectivity index (χ0v) is 21.1. The van der Waals surface area contributed by atoms with Crippen LogP contribution in [0.4, 0.5) is 0 Å². The molecule has 0 amide bonds. The molecule has 1 aliphatic rings. The first kappa shape index (κ1) is 29.9. The number of ether oxygens (including phenoxy) is 2. The van der Waals surface area contributed by atoms with E-state index in [0.717, 1.165) is 12.8 Å². The van der Waals surface area contributed by atoms with E-state index in [0.29, 0.717) is 32.1 Å². The van der Waals surface area contributed by atoms with Gasteiger partial charge in [-0.1, -0.05) is 63.3 Å². The molecule has 0 bridgehead atoms. The van der Waals surface area contributed by atoms with E-state index in [4.69, 9.17) is 14.6 Å². The summed E-state index contributed by atoms with van der Waals surface area (Å²) < 4.78 is 10.9. The van der Waals surface area contributed by atoms with Crippen molar-refractivity contribution in [2.24, 2.45) is 17.8 Å². The van der Waals surface area contributed by atoms with Gasteiger partial charge in [0.2, 0.25) is 0 Å². The van der Waals surface area contributed by atoms with Gasteiger partial charge in [0.1, 0.15) is 6.10 Å². The number of rotatable bonds is 17. The smallest absolute Gasteiger partial charge is 0.303 e. The van der Waals surface area contributed by atoms with E-state index >= 15 is 0 Å². The van der Waals surface area contributed by atoms with Gasteiger partial charge in [-0.25, -0.2) is 0 Å². The Labute approximate surface area is 204 Å². The average Bonchev–Trinajstić information content (AvgIpc) is 3.08. The van der Waals surface area contributed by atoms with E-state index in [1.807, 2.05) is 24.3 Å². The third-order valence-corrected chi connectivity index (χ3v) is 6.36. The Kier molecular flexibility index (Phi) is 15.2. The molecule has 2 N–H and O–H groups in total. The van der Waals surface area contributed by atoms with E-state index in [2.05, 4.69) is 6.92 Å². The fourth-order valence-corrected chi connectivity index (χ4v) is 4.64. The second-order valence-corrected chi connectivity index (χ2v) is 9.34. The summed E-state index contributed by atoms with van der Waals surface area (Å²) in [6.45, 7) is 5.19. The fraction of sp³-hybridized carbons (Fsp3) is 0.741. The summed E-state index contributed by atoms with van der Waals surface area (Å²) in [5, 5.41) is 19.2. The number of aliphatic hydroxyl groups is 1. The van der Waals surface area contributed by atoms with Gasteiger partial charge in [-0.3, -0.25) is 14.4 Å². The summed E-state index contributed by atoms with van der Waals surface area (Å²) in [5.41, 5.74) is 0. The van der Waals surface area contributed by atoms with Crippen molar-refractivity contribution in [3.8, 4) is 0 Å². The number of carboxylic acid groups (broad SMARTS) is 1. The summed E-state index contributed by atoms with van der Waals surface area (Å²) in [7, 11) is 0. The lowest BCUT2D eigenvalue weighted by atomic mass is 9.86. The first-order valence-corrected chi connectivity index (χ1v) is 12.8. The number of unbranched alkanes of at least 4 members (excludes halogenated alkanes) is 5. The molecular formula is C27H44O7. The molecule has 5 atom stereocenters. The molecule has 0 aromatic rings. The van der Waals surface area contributed by atoms with Crippen molar-refractivity contribution >= 4 is 17.9 Å². The predicted octanol–water partition coefficient (Wildman–Crippen LogP) is 5.21. The highest BCUT2D eigenvalue weighted by Gasteiger charge is 2.43. The van der Waals surface area contributed by atoms with Crippen LogP contribution in [-0.2, 0) is 23.9 Å². The van der Waals surface area contributed by atoms with Gasteiger partial charge in [-0.15, -0.1) is 0 Å². The summed E-state index contributed by atoms with van der Waals surface area (Å²) in [5.74, 6) is -1.52. The van der Waals surface area contributed by atoms with Crippen molar-refractivity contribution in [3.63, 3.8) is 0 Å². The van der Waals surface area contributed by atoms with E-state index in [1.54, 1.807) is 0 Å². The maximum absolute atomic E-state index is 11.7. The highest BCUT2D eigenvalue weighted by Crippen LogP contribution is 2.42. The standard InChI is InChI=1S/C27H44O7/c1-4-5-6-7-10-13-23(30)16-17-24-22(19-33-20(2)28)18-26(34-21(3)29)25(24)14-11-8-9-12-15-27(31)32/h8,11,16-17,22-26,30H,4-7,9-10,12-15,18-19H2,1-3H3,(H,31,32)/b11-8-,17-16+/t22-,23?,24-,25+,26?/m0/s1. The second kappa shape index (κ2) is 17.3. The largest absolute Gasteiger partial charge is 0.481 e. The Balaban J connectivity index is 2.86. The fourth-order valence-electron chi connectivity index (χ4n) is 4.64. The first-order chi connectivity index (χ1) is 16.2. The Morgan fingerprint density at radius 2 is 1.76 bits per heavy atom. The summed E-state index contributed by atoms with van der Waals surface area (Å²) in [6.07, 6.45) is 16.0. The number of allylic oxidation sites excluding steroid dienone is 3. The number of esters is 2. The Morgan fingerprint density at radius 1 is 1.03 bits per heavy atom. The number of hydrogen-bond acceptors (Lipinski definition) is 6. The van der Waals surface area contributed by atoms with Crippen LogP contribution in [-0.4, -0.2) is 46.9 Å². The van der Waals surface area contributed by atoms with Gasteiger partial charge in [0.15, 0.2) is 0 Å². The normalized spacial score (nSPS) is 23.4. The molecule has 1 aliphatic carbocycles. The molecular weight excluding hydrogens is 436 g/mol. The quantitative estimate of drug-likeness (QED) is 0.167. The van der Waals surface area contributed by atoms with Crippen molar-refractivity contribution in [2.75, 3.05) is 6.61 Å². The van der Waals surface area contributed by atoms with Crippen LogP contribution in [0.1, 0.15) is 91.4 Å². The van der Waals surface area contributed by atoms with Crippen LogP contribution in [0.5, 0.6) is 0 Å². The number of carboxylic acids is 1. The Bertz CT molecular complexity index is 670. The number of carbonyl (C=O) groups excluding carboxylic acids is 2. The molecule has 0 aliphatic heterocycles. The second-order valence-electron chi connectivity index (χ2n) is 9.34. The van der Waals surface area contributed by atoms with Gasteiger partial charge in [-0.2, -0.15) is 0 Å². The van der Waals surface area contributed by atoms with Crippen molar-refractivity contribution in [3.05, 3.63) is 24.3 Å². The van der Waals surface area contributed by atoms with Crippen molar-refractivity contribution < 1.29 is 34.1 Å². The minimum Gasteiger partial charge on any atom is -0.481 e. The summed E-state index contributed by atoms with van der Waals surface area (Å²) >= 11 is 0. The van der Waals surface area contributed by atoms with E-state index in [-0.39, 0.29) is 48.8 Å². The lowest BCUT2D eigenvalue weighted by Crippen LogP contribution is -2.24. The summed E-state index contributed by atoms with van der Waals surface area (Å²) in [6, 6.07) is 0. The summed E-state index contributed by atoms with van der Waals surface area (Å²) in [4.78, 5) is 33.8. The van der Waals surface area contributed by atoms with Gasteiger partial charge in [0.05, 0.1) is 12.7 Å². The maximum Gasteiger partial charge on any atom is 0.303 e. The van der Waals surface area contributed by atoms with Crippen LogP contribution < -0.4 is 0 Å². The zero-order valence-electron chi connectivity index (χ0n) is 21.1. The highest BCUT2D eigenvalue weighted by molar-refractivity contribution is 5.67. The molecule has 0 aromatic carbocycles. The van der Waals surface area contributed by atoms with Crippen LogP contribution in [0.3, 0.4) is 0 Å². The third-order valence-electron chi connectivity index (χ3n) is 6.36. The predicted molar refractivity (Wildman–Crippen MR) is 131 cm³/mol. The number of aliphatic hydroxyl groups excluding tert-OH is 1. The molecule has 1 fully saturated rings. The number of aliphatic carboxylic acids is 1. The van der Waals surface area contributed by atoms with Gasteiger partial charge in [0, 0.05) is 32.1 Å². The SMILES string of the molecule is CCCCCCCC(O)/C=C/[C@H]1[C@H](COC(C)=O)CC(OC(C)=O)[C@@H]1C/C=C\CCCC(=O)O. The third kappa shape index (κ3) is 12.9. The molecule has 194 valence electrons. The van der Waals surface area contributed by atoms with Crippen molar-refractivity contribution in [1.29, 1.82) is 0 Å². The van der Waals surface area contributed by atoms with E-state index in [9.17, 15) is 19.5 Å². The topological polar surface area (TPSA) is 110 Å². The monoisotopic (exact) mass is 480 g/mol. The van der Waals surface area contributed by atoms with E-state index < -0.39 is 12.1 Å². The van der Waals surface area contributed by atoms with Crippen LogP contribution in [0.15, 0.2) is 24.3 Å². The van der Waals surface area contributed by atoms with Crippen molar-refractivity contribution in [1.82, 2.24) is 0 Å². The Hall–Kier alpha value is -2.15. The molecule has 34 heavy (non-hydrogen) atoms. The minimum atomic E-state index is -0.804. The van der Waals surface area contributed by atoms with Gasteiger partial charge in [-0.05, 0) is 38.0 Å². The zero-order chi connectivity index (χ0) is 25.3. The first-order valence-electron chi connectivity index (χ1n) is 12.8. The van der Waals surface area contributed by atoms with Crippen LogP contribution >= 0.6 is 0 Å². The minimum absolute atomic E-state index is 0.00631. The molecule has 7 nitrogen and oxygen atoms in total. The van der Waals surface area contributed by atoms with Gasteiger partial charge < -0.3 is 19.7 Å². The maximum atomic E-state index is 11.7. The Morgan fingerprint density at radius 3 is 2.41 bits per heavy atom. The van der Waals surface area contributed by atoms with Gasteiger partial charge in [0.25, 0.3) is 0 Å². The lowest BCUT2D eigenvalue weighted by molar-refractivity contribution is -0.149. The number of carbonyl (C=O) groups is 3. The average molecular weight is 481 g/mol.